The highest BCUT2D eigenvalue weighted by molar-refractivity contribution is 9.10. The van der Waals surface area contributed by atoms with Gasteiger partial charge >= 0.3 is 5.97 Å². The smallest absolute Gasteiger partial charge is 0.311 e. The third-order valence-corrected chi connectivity index (χ3v) is 4.53. The summed E-state index contributed by atoms with van der Waals surface area (Å²) in [6.07, 6.45) is 0.478. The van der Waals surface area contributed by atoms with Gasteiger partial charge in [0.1, 0.15) is 0 Å². The van der Waals surface area contributed by atoms with Crippen LogP contribution >= 0.6 is 38.9 Å². The van der Waals surface area contributed by atoms with Gasteiger partial charge in [0, 0.05) is 19.8 Å². The number of hydrogen-bond donors (Lipinski definition) is 1. The fraction of sp³-hybridized carbons (Fsp3) is 0.154. The molecule has 1 aromatic carbocycles. The predicted molar refractivity (Wildman–Crippen MR) is 77.6 cm³/mol. The predicted octanol–water partition coefficient (Wildman–Crippen LogP) is 4.57. The molecular weight excluding hydrogens is 336 g/mol. The van der Waals surface area contributed by atoms with E-state index in [1.807, 2.05) is 11.4 Å². The number of carbonyl (C=O) groups is 1. The summed E-state index contributed by atoms with van der Waals surface area (Å²) < 4.78 is 0.984. The molecule has 0 amide bonds. The molecule has 0 saturated carbocycles. The maximum absolute atomic E-state index is 11.4. The Labute approximate surface area is 122 Å². The molecule has 1 unspecified atom stereocenters. The number of carboxylic acid groups (broad SMARTS) is 1. The minimum absolute atomic E-state index is 0.478. The first kappa shape index (κ1) is 13.6. The highest BCUT2D eigenvalue weighted by Gasteiger charge is 2.21. The van der Waals surface area contributed by atoms with Crippen LogP contribution in [0.3, 0.4) is 0 Å². The standard InChI is InChI=1S/C13H10BrClO2S/c14-9-5-11(18-7-9)6-12(13(16)17)8-2-1-3-10(15)4-8/h1-5,7,12H,6H2,(H,16,17). The molecule has 1 N–H and O–H groups in total. The number of rotatable bonds is 4. The number of hydrogen-bond acceptors (Lipinski definition) is 2. The molecule has 0 aliphatic rings. The van der Waals surface area contributed by atoms with Gasteiger partial charge in [-0.15, -0.1) is 11.3 Å². The summed E-state index contributed by atoms with van der Waals surface area (Å²) in [6.45, 7) is 0. The van der Waals surface area contributed by atoms with Crippen molar-refractivity contribution in [1.29, 1.82) is 0 Å². The van der Waals surface area contributed by atoms with Crippen molar-refractivity contribution in [2.24, 2.45) is 0 Å². The van der Waals surface area contributed by atoms with Crippen LogP contribution in [0.15, 0.2) is 40.2 Å². The first-order valence-electron chi connectivity index (χ1n) is 5.27. The lowest BCUT2D eigenvalue weighted by molar-refractivity contribution is -0.138. The van der Waals surface area contributed by atoms with Gasteiger partial charge in [0.25, 0.3) is 0 Å². The van der Waals surface area contributed by atoms with Crippen molar-refractivity contribution in [3.05, 3.63) is 55.6 Å². The summed E-state index contributed by atoms with van der Waals surface area (Å²) in [7, 11) is 0. The van der Waals surface area contributed by atoms with Gasteiger partial charge in [-0.25, -0.2) is 0 Å². The zero-order chi connectivity index (χ0) is 13.1. The van der Waals surface area contributed by atoms with Crippen LogP contribution in [0.5, 0.6) is 0 Å². The third-order valence-electron chi connectivity index (χ3n) is 2.58. The molecule has 2 rings (SSSR count). The molecular formula is C13H10BrClO2S. The number of benzene rings is 1. The summed E-state index contributed by atoms with van der Waals surface area (Å²) in [4.78, 5) is 12.4. The Morgan fingerprint density at radius 2 is 2.22 bits per heavy atom. The summed E-state index contributed by atoms with van der Waals surface area (Å²) >= 11 is 10.8. The molecule has 1 heterocycles. The number of carboxylic acids is 1. The van der Waals surface area contributed by atoms with E-state index in [2.05, 4.69) is 15.9 Å². The molecule has 1 aromatic heterocycles. The van der Waals surface area contributed by atoms with Crippen LogP contribution in [0, 0.1) is 0 Å². The van der Waals surface area contributed by atoms with Gasteiger partial charge in [-0.2, -0.15) is 0 Å². The molecule has 0 aliphatic heterocycles. The Hall–Kier alpha value is -0.840. The Kier molecular flexibility index (Phi) is 4.43. The van der Waals surface area contributed by atoms with Gasteiger partial charge in [-0.1, -0.05) is 23.7 Å². The average Bonchev–Trinajstić information content (AvgIpc) is 2.71. The van der Waals surface area contributed by atoms with E-state index in [0.717, 1.165) is 14.9 Å². The van der Waals surface area contributed by atoms with Crippen molar-refractivity contribution >= 4 is 44.8 Å². The highest BCUT2D eigenvalue weighted by atomic mass is 79.9. The van der Waals surface area contributed by atoms with Gasteiger partial charge in [-0.05, 0) is 46.1 Å². The number of halogens is 2. The largest absolute Gasteiger partial charge is 0.481 e. The zero-order valence-electron chi connectivity index (χ0n) is 9.27. The summed E-state index contributed by atoms with van der Waals surface area (Å²) in [6, 6.07) is 8.98. The molecule has 0 spiro atoms. The maximum Gasteiger partial charge on any atom is 0.311 e. The van der Waals surface area contributed by atoms with Crippen LogP contribution in [0.4, 0.5) is 0 Å². The Balaban J connectivity index is 2.26. The molecule has 94 valence electrons. The van der Waals surface area contributed by atoms with Crippen molar-refractivity contribution in [3.8, 4) is 0 Å². The summed E-state index contributed by atoms with van der Waals surface area (Å²) in [5.41, 5.74) is 0.736. The zero-order valence-corrected chi connectivity index (χ0v) is 12.4. The van der Waals surface area contributed by atoms with Gasteiger partial charge in [-0.3, -0.25) is 4.79 Å². The molecule has 0 aliphatic carbocycles. The van der Waals surface area contributed by atoms with E-state index in [-0.39, 0.29) is 0 Å². The second kappa shape index (κ2) is 5.87. The minimum atomic E-state index is -0.832. The monoisotopic (exact) mass is 344 g/mol. The van der Waals surface area contributed by atoms with Crippen LogP contribution in [-0.2, 0) is 11.2 Å². The third kappa shape index (κ3) is 3.34. The summed E-state index contributed by atoms with van der Waals surface area (Å²) in [5.74, 6) is -1.39. The lowest BCUT2D eigenvalue weighted by Crippen LogP contribution is -2.13. The topological polar surface area (TPSA) is 37.3 Å². The van der Waals surface area contributed by atoms with Crippen molar-refractivity contribution in [2.75, 3.05) is 0 Å². The van der Waals surface area contributed by atoms with E-state index in [1.54, 1.807) is 35.6 Å². The average molecular weight is 346 g/mol. The maximum atomic E-state index is 11.4. The van der Waals surface area contributed by atoms with Crippen LogP contribution in [0.2, 0.25) is 5.02 Å². The van der Waals surface area contributed by atoms with Gasteiger partial charge < -0.3 is 5.11 Å². The Morgan fingerprint density at radius 3 is 2.78 bits per heavy atom. The molecule has 0 fully saturated rings. The molecule has 0 radical (unpaired) electrons. The van der Waals surface area contributed by atoms with Crippen LogP contribution in [-0.4, -0.2) is 11.1 Å². The van der Waals surface area contributed by atoms with E-state index >= 15 is 0 Å². The molecule has 0 saturated heterocycles. The molecule has 1 atom stereocenters. The van der Waals surface area contributed by atoms with Crippen LogP contribution in [0.1, 0.15) is 16.4 Å². The number of thiophene rings is 1. The second-order valence-corrected chi connectivity index (χ2v) is 6.23. The van der Waals surface area contributed by atoms with Gasteiger partial charge in [0.2, 0.25) is 0 Å². The molecule has 0 bridgehead atoms. The quantitative estimate of drug-likeness (QED) is 0.881. The van der Waals surface area contributed by atoms with Crippen molar-refractivity contribution in [1.82, 2.24) is 0 Å². The van der Waals surface area contributed by atoms with E-state index in [4.69, 9.17) is 11.6 Å². The lowest BCUT2D eigenvalue weighted by Gasteiger charge is -2.11. The SMILES string of the molecule is O=C(O)C(Cc1cc(Br)cs1)c1cccc(Cl)c1. The van der Waals surface area contributed by atoms with Crippen molar-refractivity contribution in [3.63, 3.8) is 0 Å². The van der Waals surface area contributed by atoms with E-state index in [9.17, 15) is 9.90 Å². The first-order chi connectivity index (χ1) is 8.56. The van der Waals surface area contributed by atoms with Gasteiger partial charge in [0.15, 0.2) is 0 Å². The van der Waals surface area contributed by atoms with Gasteiger partial charge in [0.05, 0.1) is 5.92 Å². The lowest BCUT2D eigenvalue weighted by atomic mass is 9.95. The van der Waals surface area contributed by atoms with E-state index in [0.29, 0.717) is 11.4 Å². The Morgan fingerprint density at radius 1 is 1.44 bits per heavy atom. The van der Waals surface area contributed by atoms with Crippen LogP contribution < -0.4 is 0 Å². The normalized spacial score (nSPS) is 12.3. The molecule has 2 aromatic rings. The molecule has 2 nitrogen and oxygen atoms in total. The van der Waals surface area contributed by atoms with Crippen LogP contribution in [0.25, 0.3) is 0 Å². The molecule has 18 heavy (non-hydrogen) atoms. The van der Waals surface area contributed by atoms with E-state index < -0.39 is 11.9 Å². The Bertz CT molecular complexity index is 568. The highest BCUT2D eigenvalue weighted by Crippen LogP contribution is 2.28. The molecule has 5 heteroatoms. The second-order valence-electron chi connectivity index (χ2n) is 3.88. The summed E-state index contributed by atoms with van der Waals surface area (Å²) in [5, 5.41) is 11.8. The van der Waals surface area contributed by atoms with Crippen molar-refractivity contribution < 1.29 is 9.90 Å². The fourth-order valence-corrected chi connectivity index (χ4v) is 3.43. The van der Waals surface area contributed by atoms with E-state index in [1.165, 1.54) is 0 Å². The minimum Gasteiger partial charge on any atom is -0.481 e. The fourth-order valence-electron chi connectivity index (χ4n) is 1.73. The van der Waals surface area contributed by atoms with Crippen molar-refractivity contribution in [2.45, 2.75) is 12.3 Å². The number of aliphatic carboxylic acids is 1. The first-order valence-corrected chi connectivity index (χ1v) is 7.32.